The van der Waals surface area contributed by atoms with Gasteiger partial charge in [0.25, 0.3) is 0 Å². The number of carbonyl (C=O) groups is 1. The van der Waals surface area contributed by atoms with Gasteiger partial charge in [0, 0.05) is 5.38 Å². The fraction of sp³-hybridized carbons (Fsp3) is 0. The predicted octanol–water partition coefficient (Wildman–Crippen LogP) is 1.09. The first-order chi connectivity index (χ1) is 5.83. The third-order valence-corrected chi connectivity index (χ3v) is 2.55. The number of anilines is 1. The number of nitrogens with two attached hydrogens (primary N) is 1. The lowest BCUT2D eigenvalue weighted by atomic mass is 10.3. The molecule has 2 aromatic rings. The van der Waals surface area contributed by atoms with E-state index in [-0.39, 0.29) is 0 Å². The van der Waals surface area contributed by atoms with E-state index in [1.165, 1.54) is 17.7 Å². The highest BCUT2D eigenvalue weighted by Crippen LogP contribution is 2.25. The molecule has 0 atom stereocenters. The summed E-state index contributed by atoms with van der Waals surface area (Å²) in [4.78, 5) is 18.3. The number of aromatic nitrogens is 2. The summed E-state index contributed by atoms with van der Waals surface area (Å²) >= 11 is 1.38. The summed E-state index contributed by atoms with van der Waals surface area (Å²) in [6.45, 7) is 0. The Morgan fingerprint density at radius 1 is 1.50 bits per heavy atom. The molecule has 0 bridgehead atoms. The van der Waals surface area contributed by atoms with Crippen molar-refractivity contribution in [1.82, 2.24) is 9.97 Å². The molecule has 4 nitrogen and oxygen atoms in total. The van der Waals surface area contributed by atoms with E-state index >= 15 is 0 Å². The van der Waals surface area contributed by atoms with Crippen molar-refractivity contribution in [3.8, 4) is 0 Å². The second kappa shape index (κ2) is 2.53. The number of hydrogen-bond acceptors (Lipinski definition) is 5. The minimum atomic E-state index is 0.429. The Kier molecular flexibility index (Phi) is 1.51. The van der Waals surface area contributed by atoms with Crippen LogP contribution in [0, 0.1) is 0 Å². The highest BCUT2D eigenvalue weighted by molar-refractivity contribution is 7.18. The molecule has 0 aliphatic carbocycles. The molecule has 0 aliphatic rings. The van der Waals surface area contributed by atoms with Crippen molar-refractivity contribution in [2.24, 2.45) is 0 Å². The summed E-state index contributed by atoms with van der Waals surface area (Å²) in [5.41, 5.74) is 6.78. The fourth-order valence-corrected chi connectivity index (χ4v) is 1.84. The topological polar surface area (TPSA) is 68.9 Å². The van der Waals surface area contributed by atoms with Crippen LogP contribution in [-0.2, 0) is 0 Å². The van der Waals surface area contributed by atoms with Gasteiger partial charge in [-0.3, -0.25) is 4.79 Å². The molecule has 0 spiro atoms. The zero-order valence-electron chi connectivity index (χ0n) is 6.02. The minimum Gasteiger partial charge on any atom is -0.382 e. The van der Waals surface area contributed by atoms with Gasteiger partial charge in [0.2, 0.25) is 0 Å². The van der Waals surface area contributed by atoms with E-state index in [4.69, 9.17) is 5.73 Å². The van der Waals surface area contributed by atoms with Crippen LogP contribution in [0.25, 0.3) is 10.2 Å². The molecular formula is C7H5N3OS. The minimum absolute atomic E-state index is 0.429. The Morgan fingerprint density at radius 2 is 2.33 bits per heavy atom. The van der Waals surface area contributed by atoms with Gasteiger partial charge in [-0.2, -0.15) is 0 Å². The molecule has 0 fully saturated rings. The van der Waals surface area contributed by atoms with Gasteiger partial charge < -0.3 is 5.73 Å². The maximum Gasteiger partial charge on any atom is 0.153 e. The van der Waals surface area contributed by atoms with Crippen LogP contribution in [0.15, 0.2) is 11.7 Å². The molecule has 5 heteroatoms. The molecule has 60 valence electrons. The van der Waals surface area contributed by atoms with Gasteiger partial charge in [0.1, 0.15) is 12.1 Å². The van der Waals surface area contributed by atoms with E-state index in [1.807, 2.05) is 0 Å². The fourth-order valence-electron chi connectivity index (χ4n) is 0.971. The second-order valence-corrected chi connectivity index (χ2v) is 3.13. The summed E-state index contributed by atoms with van der Waals surface area (Å²) < 4.78 is 0.777. The van der Waals surface area contributed by atoms with Gasteiger partial charge in [-0.05, 0) is 0 Å². The largest absolute Gasteiger partial charge is 0.382 e. The average Bonchev–Trinajstić information content (AvgIpc) is 2.49. The van der Waals surface area contributed by atoms with Gasteiger partial charge in [0.05, 0.1) is 15.8 Å². The second-order valence-electron chi connectivity index (χ2n) is 2.25. The van der Waals surface area contributed by atoms with Gasteiger partial charge >= 0.3 is 0 Å². The summed E-state index contributed by atoms with van der Waals surface area (Å²) in [6.07, 6.45) is 2.13. The van der Waals surface area contributed by atoms with Crippen LogP contribution in [-0.4, -0.2) is 16.3 Å². The lowest BCUT2D eigenvalue weighted by Crippen LogP contribution is -1.91. The van der Waals surface area contributed by atoms with Gasteiger partial charge in [0.15, 0.2) is 6.29 Å². The van der Waals surface area contributed by atoms with Gasteiger partial charge in [-0.25, -0.2) is 9.97 Å². The lowest BCUT2D eigenvalue weighted by molar-refractivity contribution is 0.112. The quantitative estimate of drug-likeness (QED) is 0.665. The van der Waals surface area contributed by atoms with Crippen molar-refractivity contribution in [3.63, 3.8) is 0 Å². The first-order valence-electron chi connectivity index (χ1n) is 3.26. The number of nitrogen functional groups attached to an aromatic ring is 1. The number of fused-ring (bicyclic) bond motifs is 1. The van der Waals surface area contributed by atoms with Crippen LogP contribution in [0.3, 0.4) is 0 Å². The number of thiophene rings is 1. The molecule has 2 rings (SSSR count). The third kappa shape index (κ3) is 0.868. The Labute approximate surface area is 72.1 Å². The molecule has 0 amide bonds. The third-order valence-electron chi connectivity index (χ3n) is 1.54. The zero-order valence-corrected chi connectivity index (χ0v) is 6.84. The molecule has 0 unspecified atom stereocenters. The average molecular weight is 179 g/mol. The summed E-state index contributed by atoms with van der Waals surface area (Å²) in [5.74, 6) is 0.429. The van der Waals surface area contributed by atoms with E-state index < -0.39 is 0 Å². The summed E-state index contributed by atoms with van der Waals surface area (Å²) in [6, 6.07) is 0. The molecule has 2 N–H and O–H groups in total. The molecule has 0 aliphatic heterocycles. The molecular weight excluding hydrogens is 174 g/mol. The number of rotatable bonds is 1. The lowest BCUT2D eigenvalue weighted by Gasteiger charge is -1.91. The van der Waals surface area contributed by atoms with E-state index in [0.29, 0.717) is 16.9 Å². The maximum atomic E-state index is 10.5. The highest BCUT2D eigenvalue weighted by atomic mass is 32.1. The van der Waals surface area contributed by atoms with Crippen molar-refractivity contribution in [1.29, 1.82) is 0 Å². The first-order valence-corrected chi connectivity index (χ1v) is 4.13. The number of aldehydes is 1. The molecule has 12 heavy (non-hydrogen) atoms. The summed E-state index contributed by atoms with van der Waals surface area (Å²) in [7, 11) is 0. The standard InChI is InChI=1S/C7H5N3OS/c8-7-6-5(9-3-10-7)4(1-11)2-12-6/h1-3H,(H2,8,9,10). The molecule has 0 radical (unpaired) electrons. The van der Waals surface area contributed by atoms with Crippen molar-refractivity contribution in [2.45, 2.75) is 0 Å². The zero-order chi connectivity index (χ0) is 8.55. The number of hydrogen-bond donors (Lipinski definition) is 1. The molecule has 0 saturated heterocycles. The van der Waals surface area contributed by atoms with Crippen molar-refractivity contribution in [2.75, 3.05) is 5.73 Å². The predicted molar refractivity (Wildman–Crippen MR) is 47.2 cm³/mol. The molecule has 2 aromatic heterocycles. The number of carbonyl (C=O) groups excluding carboxylic acids is 1. The Hall–Kier alpha value is -1.49. The monoisotopic (exact) mass is 179 g/mol. The van der Waals surface area contributed by atoms with Crippen molar-refractivity contribution in [3.05, 3.63) is 17.3 Å². The van der Waals surface area contributed by atoms with E-state index in [2.05, 4.69) is 9.97 Å². The molecule has 0 aromatic carbocycles. The van der Waals surface area contributed by atoms with Crippen LogP contribution >= 0.6 is 11.3 Å². The normalized spacial score (nSPS) is 10.3. The summed E-state index contributed by atoms with van der Waals surface area (Å²) in [5, 5.41) is 1.72. The molecule has 0 saturated carbocycles. The van der Waals surface area contributed by atoms with E-state index in [1.54, 1.807) is 5.38 Å². The van der Waals surface area contributed by atoms with E-state index in [0.717, 1.165) is 11.0 Å². The maximum absolute atomic E-state index is 10.5. The van der Waals surface area contributed by atoms with Gasteiger partial charge in [-0.1, -0.05) is 0 Å². The van der Waals surface area contributed by atoms with Crippen LogP contribution in [0.2, 0.25) is 0 Å². The highest BCUT2D eigenvalue weighted by Gasteiger charge is 2.06. The molecule has 2 heterocycles. The van der Waals surface area contributed by atoms with Crippen molar-refractivity contribution >= 4 is 33.7 Å². The first kappa shape index (κ1) is 7.17. The Morgan fingerprint density at radius 3 is 3.08 bits per heavy atom. The smallest absolute Gasteiger partial charge is 0.153 e. The van der Waals surface area contributed by atoms with Crippen LogP contribution in [0.5, 0.6) is 0 Å². The Balaban J connectivity index is 2.88. The van der Waals surface area contributed by atoms with E-state index in [9.17, 15) is 4.79 Å². The Bertz CT molecular complexity index is 437. The van der Waals surface area contributed by atoms with Crippen LogP contribution in [0.1, 0.15) is 10.4 Å². The van der Waals surface area contributed by atoms with Crippen molar-refractivity contribution < 1.29 is 4.79 Å². The SMILES string of the molecule is Nc1ncnc2c(C=O)csc12. The van der Waals surface area contributed by atoms with Gasteiger partial charge in [-0.15, -0.1) is 11.3 Å². The van der Waals surface area contributed by atoms with Crippen LogP contribution < -0.4 is 5.73 Å². The number of nitrogens with zero attached hydrogens (tertiary/aromatic N) is 2. The van der Waals surface area contributed by atoms with Crippen LogP contribution in [0.4, 0.5) is 5.82 Å².